The molecule has 1 N–H and O–H groups in total. The van der Waals surface area contributed by atoms with E-state index in [4.69, 9.17) is 27.9 Å². The van der Waals surface area contributed by atoms with Crippen LogP contribution in [0.15, 0.2) is 48.2 Å². The van der Waals surface area contributed by atoms with E-state index >= 15 is 0 Å². The predicted octanol–water partition coefficient (Wildman–Crippen LogP) is 4.79. The van der Waals surface area contributed by atoms with E-state index in [1.54, 1.807) is 0 Å². The summed E-state index contributed by atoms with van der Waals surface area (Å²) in [7, 11) is 0. The zero-order valence-corrected chi connectivity index (χ0v) is 17.0. The maximum atomic E-state index is 12.9. The van der Waals surface area contributed by atoms with Gasteiger partial charge in [0.15, 0.2) is 5.76 Å². The number of aliphatic hydroxyl groups excluding tert-OH is 1. The van der Waals surface area contributed by atoms with E-state index in [0.717, 1.165) is 17.7 Å². The van der Waals surface area contributed by atoms with Crippen LogP contribution in [0.5, 0.6) is 0 Å². The zero-order valence-electron chi connectivity index (χ0n) is 15.4. The van der Waals surface area contributed by atoms with Crippen LogP contribution in [0.3, 0.4) is 0 Å². The number of imide groups is 1. The maximum absolute atomic E-state index is 12.9. The molecule has 0 bridgehead atoms. The molecule has 0 saturated carbocycles. The second kappa shape index (κ2) is 8.68. The van der Waals surface area contributed by atoms with Crippen molar-refractivity contribution in [3.8, 4) is 0 Å². The summed E-state index contributed by atoms with van der Waals surface area (Å²) >= 11 is 12.0. The largest absolute Gasteiger partial charge is 0.502 e. The Labute approximate surface area is 177 Å². The molecule has 6 nitrogen and oxygen atoms in total. The third-order valence-corrected chi connectivity index (χ3v) is 4.90. The Hall–Kier alpha value is -2.83. The van der Waals surface area contributed by atoms with Gasteiger partial charge in [-0.05, 0) is 42.8 Å². The van der Waals surface area contributed by atoms with Gasteiger partial charge in [-0.3, -0.25) is 9.59 Å². The lowest BCUT2D eigenvalue weighted by Crippen LogP contribution is -2.31. The highest BCUT2D eigenvalue weighted by molar-refractivity contribution is 6.47. The second-order valence-corrected chi connectivity index (χ2v) is 7.17. The summed E-state index contributed by atoms with van der Waals surface area (Å²) < 4.78 is 5.13. The minimum atomic E-state index is -0.880. The van der Waals surface area contributed by atoms with Crippen LogP contribution in [0.4, 0.5) is 5.69 Å². The van der Waals surface area contributed by atoms with Gasteiger partial charge < -0.3 is 9.84 Å². The van der Waals surface area contributed by atoms with E-state index in [0.29, 0.717) is 17.2 Å². The first-order valence-corrected chi connectivity index (χ1v) is 9.65. The Balaban J connectivity index is 1.85. The number of esters is 1. The number of rotatable bonds is 6. The van der Waals surface area contributed by atoms with E-state index in [-0.39, 0.29) is 21.8 Å². The number of carbonyl (C=O) groups excluding carboxylic acids is 3. The summed E-state index contributed by atoms with van der Waals surface area (Å²) in [4.78, 5) is 38.2. The first kappa shape index (κ1) is 20.9. The summed E-state index contributed by atoms with van der Waals surface area (Å²) in [6.45, 7) is 2.31. The van der Waals surface area contributed by atoms with Gasteiger partial charge in [0.1, 0.15) is 0 Å². The van der Waals surface area contributed by atoms with Crippen LogP contribution in [0.2, 0.25) is 10.0 Å². The standard InChI is InChI=1S/C21H17Cl2NO5/c1-2-3-10-29-21(28)12-4-7-14(8-5-12)24-19(26)17(18(25)20(24)27)15-9-6-13(22)11-16(15)23/h4-9,11,25H,2-3,10H2,1H3. The molecule has 1 heterocycles. The monoisotopic (exact) mass is 433 g/mol. The molecule has 29 heavy (non-hydrogen) atoms. The van der Waals surface area contributed by atoms with Crippen LogP contribution in [0.1, 0.15) is 35.7 Å². The predicted molar refractivity (Wildman–Crippen MR) is 110 cm³/mol. The van der Waals surface area contributed by atoms with Crippen LogP contribution >= 0.6 is 23.2 Å². The molecule has 2 amide bonds. The molecular weight excluding hydrogens is 417 g/mol. The van der Waals surface area contributed by atoms with Crippen LogP contribution in [0, 0.1) is 0 Å². The Morgan fingerprint density at radius 1 is 1.07 bits per heavy atom. The Morgan fingerprint density at radius 2 is 1.76 bits per heavy atom. The summed E-state index contributed by atoms with van der Waals surface area (Å²) in [5.41, 5.74) is 0.490. The highest BCUT2D eigenvalue weighted by Gasteiger charge is 2.41. The molecule has 150 valence electrons. The molecule has 1 aliphatic rings. The average Bonchev–Trinajstić information content (AvgIpc) is 2.91. The number of hydrogen-bond acceptors (Lipinski definition) is 5. The lowest BCUT2D eigenvalue weighted by atomic mass is 10.1. The van der Waals surface area contributed by atoms with Crippen molar-refractivity contribution in [2.45, 2.75) is 19.8 Å². The first-order valence-electron chi connectivity index (χ1n) is 8.89. The molecule has 3 rings (SSSR count). The lowest BCUT2D eigenvalue weighted by Gasteiger charge is -2.15. The molecule has 0 atom stereocenters. The number of halogens is 2. The molecule has 0 unspecified atom stereocenters. The number of aliphatic hydroxyl groups is 1. The van der Waals surface area contributed by atoms with Gasteiger partial charge in [0.2, 0.25) is 0 Å². The first-order chi connectivity index (χ1) is 13.8. The minimum absolute atomic E-state index is 0.132. The van der Waals surface area contributed by atoms with Crippen molar-refractivity contribution in [1.29, 1.82) is 0 Å². The van der Waals surface area contributed by atoms with Gasteiger partial charge in [0, 0.05) is 10.6 Å². The number of unbranched alkanes of at least 4 members (excludes halogenated alkanes) is 1. The highest BCUT2D eigenvalue weighted by atomic mass is 35.5. The quantitative estimate of drug-likeness (QED) is 0.402. The number of hydrogen-bond donors (Lipinski definition) is 1. The number of ether oxygens (including phenoxy) is 1. The molecule has 0 radical (unpaired) electrons. The van der Waals surface area contributed by atoms with Gasteiger partial charge in [0.25, 0.3) is 5.91 Å². The third kappa shape index (κ3) is 4.13. The van der Waals surface area contributed by atoms with Gasteiger partial charge in [-0.1, -0.05) is 42.6 Å². The third-order valence-electron chi connectivity index (χ3n) is 4.35. The number of carbonyl (C=O) groups is 3. The zero-order chi connectivity index (χ0) is 21.1. The Morgan fingerprint density at radius 3 is 2.38 bits per heavy atom. The van der Waals surface area contributed by atoms with Crippen molar-refractivity contribution >= 4 is 52.2 Å². The van der Waals surface area contributed by atoms with Gasteiger partial charge in [-0.2, -0.15) is 0 Å². The number of anilines is 1. The fourth-order valence-corrected chi connectivity index (χ4v) is 3.33. The normalized spacial score (nSPS) is 14.0. The average molecular weight is 434 g/mol. The van der Waals surface area contributed by atoms with E-state index in [1.165, 1.54) is 42.5 Å². The molecule has 0 aliphatic carbocycles. The SMILES string of the molecule is CCCCOC(=O)c1ccc(N2C(=O)C(O)=C(c3ccc(Cl)cc3Cl)C2=O)cc1. The fourth-order valence-electron chi connectivity index (χ4n) is 2.83. The summed E-state index contributed by atoms with van der Waals surface area (Å²) in [6.07, 6.45) is 1.67. The summed E-state index contributed by atoms with van der Waals surface area (Å²) in [5, 5.41) is 10.8. The second-order valence-electron chi connectivity index (χ2n) is 6.33. The molecule has 0 spiro atoms. The summed E-state index contributed by atoms with van der Waals surface area (Å²) in [5.74, 6) is -2.80. The molecule has 0 saturated heterocycles. The number of amides is 2. The number of nitrogens with zero attached hydrogens (tertiary/aromatic N) is 1. The fraction of sp³-hybridized carbons (Fsp3) is 0.190. The molecule has 2 aromatic carbocycles. The smallest absolute Gasteiger partial charge is 0.338 e. The summed E-state index contributed by atoms with van der Waals surface area (Å²) in [6, 6.07) is 10.2. The Bertz CT molecular complexity index is 1010. The van der Waals surface area contributed by atoms with Gasteiger partial charge in [0.05, 0.1) is 28.5 Å². The molecule has 2 aromatic rings. The van der Waals surface area contributed by atoms with Crippen molar-refractivity contribution in [3.05, 3.63) is 69.4 Å². The van der Waals surface area contributed by atoms with Crippen molar-refractivity contribution in [2.75, 3.05) is 11.5 Å². The van der Waals surface area contributed by atoms with Gasteiger partial charge in [-0.25, -0.2) is 9.69 Å². The maximum Gasteiger partial charge on any atom is 0.338 e. The van der Waals surface area contributed by atoms with Gasteiger partial charge in [-0.15, -0.1) is 0 Å². The van der Waals surface area contributed by atoms with E-state index < -0.39 is 23.5 Å². The van der Waals surface area contributed by atoms with Crippen LogP contribution in [-0.2, 0) is 14.3 Å². The highest BCUT2D eigenvalue weighted by Crippen LogP contribution is 2.36. The van der Waals surface area contributed by atoms with E-state index in [9.17, 15) is 19.5 Å². The Kier molecular flexibility index (Phi) is 6.25. The number of benzene rings is 2. The van der Waals surface area contributed by atoms with Crippen molar-refractivity contribution < 1.29 is 24.2 Å². The van der Waals surface area contributed by atoms with E-state index in [1.807, 2.05) is 6.92 Å². The molecule has 1 aliphatic heterocycles. The minimum Gasteiger partial charge on any atom is -0.502 e. The van der Waals surface area contributed by atoms with Crippen molar-refractivity contribution in [1.82, 2.24) is 0 Å². The molecular formula is C21H17Cl2NO5. The van der Waals surface area contributed by atoms with Crippen LogP contribution in [0.25, 0.3) is 5.57 Å². The van der Waals surface area contributed by atoms with Crippen LogP contribution < -0.4 is 4.90 Å². The topological polar surface area (TPSA) is 83.9 Å². The van der Waals surface area contributed by atoms with Crippen molar-refractivity contribution in [2.24, 2.45) is 0 Å². The van der Waals surface area contributed by atoms with Crippen molar-refractivity contribution in [3.63, 3.8) is 0 Å². The molecule has 0 fully saturated rings. The van der Waals surface area contributed by atoms with E-state index in [2.05, 4.69) is 0 Å². The molecule has 0 aromatic heterocycles. The van der Waals surface area contributed by atoms with Crippen LogP contribution in [-0.4, -0.2) is 29.5 Å². The lowest BCUT2D eigenvalue weighted by molar-refractivity contribution is -0.121. The van der Waals surface area contributed by atoms with Gasteiger partial charge >= 0.3 is 11.9 Å². The molecule has 8 heteroatoms.